The Bertz CT molecular complexity index is 708. The van der Waals surface area contributed by atoms with Crippen molar-refractivity contribution in [2.24, 2.45) is 17.8 Å². The summed E-state index contributed by atoms with van der Waals surface area (Å²) in [5.74, 6) is 1.86. The quantitative estimate of drug-likeness (QED) is 0.737. The number of ether oxygens (including phenoxy) is 2. The van der Waals surface area contributed by atoms with Crippen molar-refractivity contribution in [3.63, 3.8) is 0 Å². The standard InChI is InChI=1S/C22H31NO4/c1-6-23-21(24)13-27-19-10-8-16(12-20(19)26-5)11-18-15(4)7-9-17(14(2)3)22(18)25/h8,10-12,14-15,17H,6-7,9,13H2,1-5H3,(H,23,24)/t15-,17+/m1/s1. The molecule has 0 bridgehead atoms. The van der Waals surface area contributed by atoms with Crippen LogP contribution in [0.15, 0.2) is 23.8 Å². The molecule has 1 aliphatic rings. The first-order chi connectivity index (χ1) is 12.9. The molecular weight excluding hydrogens is 342 g/mol. The van der Waals surface area contributed by atoms with Crippen molar-refractivity contribution in [3.05, 3.63) is 29.3 Å². The van der Waals surface area contributed by atoms with Crippen LogP contribution in [0.25, 0.3) is 6.08 Å². The van der Waals surface area contributed by atoms with Crippen LogP contribution in [0, 0.1) is 17.8 Å². The minimum Gasteiger partial charge on any atom is -0.493 e. The van der Waals surface area contributed by atoms with Crippen LogP contribution in [-0.2, 0) is 9.59 Å². The van der Waals surface area contributed by atoms with E-state index in [9.17, 15) is 9.59 Å². The molecule has 1 saturated carbocycles. The van der Waals surface area contributed by atoms with E-state index in [-0.39, 0.29) is 30.1 Å². The van der Waals surface area contributed by atoms with Crippen molar-refractivity contribution >= 4 is 17.8 Å². The number of amides is 1. The molecule has 0 heterocycles. The van der Waals surface area contributed by atoms with Crippen LogP contribution in [0.1, 0.15) is 46.1 Å². The molecule has 1 amide bonds. The minimum absolute atomic E-state index is 0.0593. The molecule has 0 unspecified atom stereocenters. The Morgan fingerprint density at radius 1 is 1.30 bits per heavy atom. The summed E-state index contributed by atoms with van der Waals surface area (Å²) in [7, 11) is 1.56. The number of carbonyl (C=O) groups is 2. The molecule has 0 aromatic heterocycles. The largest absolute Gasteiger partial charge is 0.493 e. The predicted molar refractivity (Wildman–Crippen MR) is 107 cm³/mol. The number of methoxy groups -OCH3 is 1. The molecule has 1 aromatic carbocycles. The lowest BCUT2D eigenvalue weighted by atomic mass is 9.73. The summed E-state index contributed by atoms with van der Waals surface area (Å²) < 4.78 is 11.0. The van der Waals surface area contributed by atoms with Crippen LogP contribution in [0.5, 0.6) is 11.5 Å². The van der Waals surface area contributed by atoms with E-state index in [1.807, 2.05) is 25.1 Å². The van der Waals surface area contributed by atoms with E-state index in [2.05, 4.69) is 26.1 Å². The summed E-state index contributed by atoms with van der Waals surface area (Å²) in [6, 6.07) is 5.52. The average Bonchev–Trinajstić information content (AvgIpc) is 2.63. The number of likely N-dealkylation sites (N-methyl/N-ethyl adjacent to an activating group) is 1. The highest BCUT2D eigenvalue weighted by molar-refractivity contribution is 6.02. The lowest BCUT2D eigenvalue weighted by Crippen LogP contribution is -2.30. The molecule has 0 aliphatic heterocycles. The van der Waals surface area contributed by atoms with Crippen molar-refractivity contribution < 1.29 is 19.1 Å². The maximum Gasteiger partial charge on any atom is 0.257 e. The topological polar surface area (TPSA) is 64.6 Å². The molecule has 5 nitrogen and oxygen atoms in total. The minimum atomic E-state index is -0.174. The Labute approximate surface area is 162 Å². The maximum atomic E-state index is 12.9. The van der Waals surface area contributed by atoms with Gasteiger partial charge in [0, 0.05) is 12.5 Å². The van der Waals surface area contributed by atoms with Crippen LogP contribution >= 0.6 is 0 Å². The van der Waals surface area contributed by atoms with Gasteiger partial charge in [0.05, 0.1) is 7.11 Å². The lowest BCUT2D eigenvalue weighted by Gasteiger charge is -2.30. The smallest absolute Gasteiger partial charge is 0.257 e. The Morgan fingerprint density at radius 3 is 2.67 bits per heavy atom. The van der Waals surface area contributed by atoms with Crippen molar-refractivity contribution in [1.29, 1.82) is 0 Å². The maximum absolute atomic E-state index is 12.9. The predicted octanol–water partition coefficient (Wildman–Crippen LogP) is 3.86. The van der Waals surface area contributed by atoms with E-state index in [4.69, 9.17) is 9.47 Å². The Hall–Kier alpha value is -2.30. The molecule has 148 valence electrons. The molecular formula is C22H31NO4. The van der Waals surface area contributed by atoms with Gasteiger partial charge in [-0.2, -0.15) is 0 Å². The zero-order chi connectivity index (χ0) is 20.0. The molecule has 1 aliphatic carbocycles. The SMILES string of the molecule is CCNC(=O)COc1ccc(C=C2C(=O)[C@H](C(C)C)CC[C@H]2C)cc1OC. The summed E-state index contributed by atoms with van der Waals surface area (Å²) in [6.45, 7) is 8.70. The Morgan fingerprint density at radius 2 is 2.04 bits per heavy atom. The molecule has 0 radical (unpaired) electrons. The number of Topliss-reactive ketones (excluding diaryl/α,β-unsaturated/α-hetero) is 1. The fraction of sp³-hybridized carbons (Fsp3) is 0.545. The molecule has 0 spiro atoms. The number of benzene rings is 1. The van der Waals surface area contributed by atoms with Crippen LogP contribution < -0.4 is 14.8 Å². The summed E-state index contributed by atoms with van der Waals surface area (Å²) in [5.41, 5.74) is 1.79. The van der Waals surface area contributed by atoms with E-state index in [1.165, 1.54) is 0 Å². The molecule has 0 saturated heterocycles. The van der Waals surface area contributed by atoms with E-state index in [0.29, 0.717) is 24.0 Å². The molecule has 1 fully saturated rings. The fourth-order valence-corrected chi connectivity index (χ4v) is 3.49. The third kappa shape index (κ3) is 5.34. The number of ketones is 1. The summed E-state index contributed by atoms with van der Waals surface area (Å²) in [6.07, 6.45) is 3.97. The van der Waals surface area contributed by atoms with Gasteiger partial charge in [-0.05, 0) is 60.9 Å². The number of allylic oxidation sites excluding steroid dienone is 1. The van der Waals surface area contributed by atoms with Gasteiger partial charge in [0.25, 0.3) is 5.91 Å². The Balaban J connectivity index is 2.21. The number of rotatable bonds is 7. The Kier molecular flexibility index (Phi) is 7.45. The molecule has 1 aromatic rings. The van der Waals surface area contributed by atoms with Gasteiger partial charge in [0.2, 0.25) is 0 Å². The number of hydrogen-bond donors (Lipinski definition) is 1. The van der Waals surface area contributed by atoms with Crippen LogP contribution in [0.4, 0.5) is 0 Å². The number of hydrogen-bond acceptors (Lipinski definition) is 4. The molecule has 5 heteroatoms. The molecule has 2 atom stereocenters. The van der Waals surface area contributed by atoms with Gasteiger partial charge < -0.3 is 14.8 Å². The van der Waals surface area contributed by atoms with Crippen molar-refractivity contribution in [1.82, 2.24) is 5.32 Å². The lowest BCUT2D eigenvalue weighted by molar-refractivity contribution is -0.123. The van der Waals surface area contributed by atoms with E-state index < -0.39 is 0 Å². The second kappa shape index (κ2) is 9.58. The fourth-order valence-electron chi connectivity index (χ4n) is 3.49. The normalized spacial score (nSPS) is 21.4. The van der Waals surface area contributed by atoms with E-state index in [0.717, 1.165) is 24.0 Å². The van der Waals surface area contributed by atoms with Crippen LogP contribution in [0.2, 0.25) is 0 Å². The van der Waals surface area contributed by atoms with Crippen molar-refractivity contribution in [3.8, 4) is 11.5 Å². The van der Waals surface area contributed by atoms with Gasteiger partial charge in [-0.25, -0.2) is 0 Å². The van der Waals surface area contributed by atoms with Gasteiger partial charge >= 0.3 is 0 Å². The van der Waals surface area contributed by atoms with Gasteiger partial charge in [-0.1, -0.05) is 26.8 Å². The monoisotopic (exact) mass is 373 g/mol. The number of nitrogens with one attached hydrogen (secondary N) is 1. The van der Waals surface area contributed by atoms with Gasteiger partial charge in [-0.3, -0.25) is 9.59 Å². The van der Waals surface area contributed by atoms with Gasteiger partial charge in [0.1, 0.15) is 0 Å². The molecule has 1 N–H and O–H groups in total. The third-order valence-electron chi connectivity index (χ3n) is 5.11. The van der Waals surface area contributed by atoms with Gasteiger partial charge in [-0.15, -0.1) is 0 Å². The van der Waals surface area contributed by atoms with E-state index in [1.54, 1.807) is 13.2 Å². The summed E-state index contributed by atoms with van der Waals surface area (Å²) >= 11 is 0. The second-order valence-corrected chi connectivity index (χ2v) is 7.45. The summed E-state index contributed by atoms with van der Waals surface area (Å²) in [4.78, 5) is 24.5. The van der Waals surface area contributed by atoms with Crippen molar-refractivity contribution in [2.75, 3.05) is 20.3 Å². The van der Waals surface area contributed by atoms with E-state index >= 15 is 0 Å². The van der Waals surface area contributed by atoms with Crippen LogP contribution in [-0.4, -0.2) is 32.0 Å². The van der Waals surface area contributed by atoms with Gasteiger partial charge in [0.15, 0.2) is 23.9 Å². The second-order valence-electron chi connectivity index (χ2n) is 7.45. The first-order valence-electron chi connectivity index (χ1n) is 9.70. The average molecular weight is 373 g/mol. The molecule has 2 rings (SSSR count). The third-order valence-corrected chi connectivity index (χ3v) is 5.11. The first-order valence-corrected chi connectivity index (χ1v) is 9.70. The highest BCUT2D eigenvalue weighted by Crippen LogP contribution is 2.36. The highest BCUT2D eigenvalue weighted by Gasteiger charge is 2.32. The summed E-state index contributed by atoms with van der Waals surface area (Å²) in [5, 5.41) is 2.69. The zero-order valence-corrected chi connectivity index (χ0v) is 17.0. The number of carbonyl (C=O) groups excluding carboxylic acids is 2. The first kappa shape index (κ1) is 21.0. The molecule has 27 heavy (non-hydrogen) atoms. The van der Waals surface area contributed by atoms with Crippen LogP contribution in [0.3, 0.4) is 0 Å². The zero-order valence-electron chi connectivity index (χ0n) is 17.0. The van der Waals surface area contributed by atoms with Crippen molar-refractivity contribution in [2.45, 2.75) is 40.5 Å². The highest BCUT2D eigenvalue weighted by atomic mass is 16.5.